The van der Waals surface area contributed by atoms with Gasteiger partial charge in [-0.1, -0.05) is 13.8 Å². The highest BCUT2D eigenvalue weighted by atomic mass is 16.5. The Morgan fingerprint density at radius 1 is 1.35 bits per heavy atom. The summed E-state index contributed by atoms with van der Waals surface area (Å²) < 4.78 is 6.70. The maximum Gasteiger partial charge on any atom is 0.355 e. The predicted molar refractivity (Wildman–Crippen MR) is 77.3 cm³/mol. The number of carbonyl (C=O) groups is 2. The molecule has 1 amide bonds. The van der Waals surface area contributed by atoms with E-state index in [0.29, 0.717) is 17.9 Å². The third-order valence-electron chi connectivity index (χ3n) is 3.15. The molecular weight excluding hydrogens is 258 g/mol. The number of nitrogens with one attached hydrogen (secondary N) is 1. The van der Waals surface area contributed by atoms with Crippen LogP contribution in [0, 0.1) is 0 Å². The number of nitrogens with zero attached hydrogens (tertiary/aromatic N) is 1. The van der Waals surface area contributed by atoms with Crippen molar-refractivity contribution in [1.82, 2.24) is 9.88 Å². The van der Waals surface area contributed by atoms with Crippen LogP contribution in [-0.4, -0.2) is 29.1 Å². The van der Waals surface area contributed by atoms with Crippen molar-refractivity contribution in [3.8, 4) is 0 Å². The normalized spacial score (nSPS) is 10.6. The van der Waals surface area contributed by atoms with E-state index in [1.165, 1.54) is 0 Å². The van der Waals surface area contributed by atoms with Crippen LogP contribution in [0.3, 0.4) is 0 Å². The van der Waals surface area contributed by atoms with Crippen molar-refractivity contribution in [3.05, 3.63) is 18.0 Å². The molecule has 112 valence electrons. The minimum Gasteiger partial charge on any atom is -0.451 e. The number of esters is 1. The van der Waals surface area contributed by atoms with Gasteiger partial charge < -0.3 is 20.4 Å². The Labute approximate surface area is 119 Å². The summed E-state index contributed by atoms with van der Waals surface area (Å²) in [6.45, 7) is 6.23. The molecule has 0 saturated heterocycles. The van der Waals surface area contributed by atoms with E-state index in [9.17, 15) is 9.59 Å². The van der Waals surface area contributed by atoms with E-state index < -0.39 is 5.97 Å². The predicted octanol–water partition coefficient (Wildman–Crippen LogP) is 1.55. The topological polar surface area (TPSA) is 86.3 Å². The Kier molecular flexibility index (Phi) is 6.09. The van der Waals surface area contributed by atoms with Crippen LogP contribution in [0.1, 0.15) is 44.1 Å². The van der Waals surface area contributed by atoms with E-state index in [-0.39, 0.29) is 18.6 Å². The standard InChI is InChI=1S/C14H23N3O3/c1-4-11(5-2)16-13(18)9-20-14(19)12-7-10(15)8-17(12)6-3/h7-8,11H,4-6,9,15H2,1-3H3,(H,16,18). The Bertz CT molecular complexity index is 464. The number of amides is 1. The maximum absolute atomic E-state index is 11.9. The fourth-order valence-electron chi connectivity index (χ4n) is 1.93. The van der Waals surface area contributed by atoms with Crippen molar-refractivity contribution >= 4 is 17.6 Å². The van der Waals surface area contributed by atoms with E-state index >= 15 is 0 Å². The molecule has 1 rings (SSSR count). The lowest BCUT2D eigenvalue weighted by molar-refractivity contribution is -0.125. The van der Waals surface area contributed by atoms with Crippen molar-refractivity contribution in [1.29, 1.82) is 0 Å². The van der Waals surface area contributed by atoms with Gasteiger partial charge in [-0.15, -0.1) is 0 Å². The fraction of sp³-hybridized carbons (Fsp3) is 0.571. The van der Waals surface area contributed by atoms with Gasteiger partial charge in [-0.05, 0) is 25.8 Å². The third kappa shape index (κ3) is 4.29. The molecule has 0 aliphatic heterocycles. The summed E-state index contributed by atoms with van der Waals surface area (Å²) in [6, 6.07) is 1.67. The lowest BCUT2D eigenvalue weighted by Gasteiger charge is -2.14. The minimum absolute atomic E-state index is 0.122. The van der Waals surface area contributed by atoms with E-state index in [1.807, 2.05) is 20.8 Å². The molecule has 0 aromatic carbocycles. The summed E-state index contributed by atoms with van der Waals surface area (Å²) in [5.74, 6) is -0.821. The molecule has 0 unspecified atom stereocenters. The van der Waals surface area contributed by atoms with E-state index in [1.54, 1.807) is 16.8 Å². The molecule has 20 heavy (non-hydrogen) atoms. The second kappa shape index (κ2) is 7.57. The van der Waals surface area contributed by atoms with Gasteiger partial charge in [-0.25, -0.2) is 4.79 Å². The molecule has 1 heterocycles. The van der Waals surface area contributed by atoms with Crippen LogP contribution in [0.4, 0.5) is 5.69 Å². The first-order chi connectivity index (χ1) is 9.51. The van der Waals surface area contributed by atoms with Gasteiger partial charge in [0, 0.05) is 18.8 Å². The van der Waals surface area contributed by atoms with Gasteiger partial charge in [0.1, 0.15) is 5.69 Å². The number of ether oxygens (including phenoxy) is 1. The van der Waals surface area contributed by atoms with E-state index in [2.05, 4.69) is 5.32 Å². The second-order valence-electron chi connectivity index (χ2n) is 4.60. The Morgan fingerprint density at radius 2 is 2.00 bits per heavy atom. The zero-order chi connectivity index (χ0) is 15.1. The van der Waals surface area contributed by atoms with Crippen molar-refractivity contribution in [2.24, 2.45) is 0 Å². The number of hydrogen-bond donors (Lipinski definition) is 2. The first-order valence-electron chi connectivity index (χ1n) is 6.93. The molecule has 0 aliphatic rings. The molecule has 1 aromatic heterocycles. The van der Waals surface area contributed by atoms with Crippen molar-refractivity contribution in [2.45, 2.75) is 46.2 Å². The first kappa shape index (κ1) is 16.1. The summed E-state index contributed by atoms with van der Waals surface area (Å²) in [6.07, 6.45) is 3.37. The first-order valence-corrected chi connectivity index (χ1v) is 6.93. The summed E-state index contributed by atoms with van der Waals surface area (Å²) >= 11 is 0. The Balaban J connectivity index is 2.52. The lowest BCUT2D eigenvalue weighted by atomic mass is 10.2. The number of anilines is 1. The van der Waals surface area contributed by atoms with E-state index in [0.717, 1.165) is 12.8 Å². The highest BCUT2D eigenvalue weighted by molar-refractivity contribution is 5.91. The zero-order valence-corrected chi connectivity index (χ0v) is 12.3. The molecule has 0 radical (unpaired) electrons. The molecule has 0 saturated carbocycles. The van der Waals surface area contributed by atoms with Crippen LogP contribution < -0.4 is 11.1 Å². The number of aryl methyl sites for hydroxylation is 1. The van der Waals surface area contributed by atoms with Gasteiger partial charge in [0.15, 0.2) is 6.61 Å². The highest BCUT2D eigenvalue weighted by Crippen LogP contribution is 2.11. The van der Waals surface area contributed by atoms with Crippen LogP contribution in [0.25, 0.3) is 0 Å². The maximum atomic E-state index is 11.9. The largest absolute Gasteiger partial charge is 0.451 e. The number of rotatable bonds is 7. The number of aromatic nitrogens is 1. The summed E-state index contributed by atoms with van der Waals surface area (Å²) in [7, 11) is 0. The van der Waals surface area contributed by atoms with Crippen molar-refractivity contribution in [2.75, 3.05) is 12.3 Å². The zero-order valence-electron chi connectivity index (χ0n) is 12.3. The number of hydrogen-bond acceptors (Lipinski definition) is 4. The monoisotopic (exact) mass is 281 g/mol. The van der Waals surface area contributed by atoms with Gasteiger partial charge in [-0.3, -0.25) is 4.79 Å². The average molecular weight is 281 g/mol. The van der Waals surface area contributed by atoms with Gasteiger partial charge in [0.2, 0.25) is 0 Å². The van der Waals surface area contributed by atoms with E-state index in [4.69, 9.17) is 10.5 Å². The molecule has 0 fully saturated rings. The smallest absolute Gasteiger partial charge is 0.355 e. The summed E-state index contributed by atoms with van der Waals surface area (Å²) in [5, 5.41) is 2.81. The summed E-state index contributed by atoms with van der Waals surface area (Å²) in [5.41, 5.74) is 6.50. The molecule has 0 atom stereocenters. The molecule has 6 heteroatoms. The molecule has 0 aliphatic carbocycles. The number of nitrogens with two attached hydrogens (primary N) is 1. The van der Waals surface area contributed by atoms with Crippen molar-refractivity contribution in [3.63, 3.8) is 0 Å². The van der Waals surface area contributed by atoms with Crippen LogP contribution in [-0.2, 0) is 16.1 Å². The van der Waals surface area contributed by atoms with Crippen LogP contribution in [0.2, 0.25) is 0 Å². The minimum atomic E-state index is -0.539. The molecule has 6 nitrogen and oxygen atoms in total. The second-order valence-corrected chi connectivity index (χ2v) is 4.60. The molecule has 3 N–H and O–H groups in total. The van der Waals surface area contributed by atoms with Crippen LogP contribution >= 0.6 is 0 Å². The van der Waals surface area contributed by atoms with Gasteiger partial charge in [0.05, 0.1) is 5.69 Å². The van der Waals surface area contributed by atoms with Gasteiger partial charge >= 0.3 is 5.97 Å². The van der Waals surface area contributed by atoms with Crippen LogP contribution in [0.15, 0.2) is 12.3 Å². The average Bonchev–Trinajstić information content (AvgIpc) is 2.83. The Morgan fingerprint density at radius 3 is 2.55 bits per heavy atom. The van der Waals surface area contributed by atoms with Crippen LogP contribution in [0.5, 0.6) is 0 Å². The highest BCUT2D eigenvalue weighted by Gasteiger charge is 2.16. The molecular formula is C14H23N3O3. The third-order valence-corrected chi connectivity index (χ3v) is 3.15. The molecule has 0 bridgehead atoms. The number of carbonyl (C=O) groups excluding carboxylic acids is 2. The lowest BCUT2D eigenvalue weighted by Crippen LogP contribution is -2.37. The van der Waals surface area contributed by atoms with Crippen molar-refractivity contribution < 1.29 is 14.3 Å². The Hall–Kier alpha value is -1.98. The van der Waals surface area contributed by atoms with Gasteiger partial charge in [-0.2, -0.15) is 0 Å². The molecule has 1 aromatic rings. The summed E-state index contributed by atoms with van der Waals surface area (Å²) in [4.78, 5) is 23.5. The quantitative estimate of drug-likeness (QED) is 0.742. The SMILES string of the molecule is CCC(CC)NC(=O)COC(=O)c1cc(N)cn1CC. The number of nitrogen functional groups attached to an aromatic ring is 1. The van der Waals surface area contributed by atoms with Gasteiger partial charge in [0.25, 0.3) is 5.91 Å². The fourth-order valence-corrected chi connectivity index (χ4v) is 1.93. The molecule has 0 spiro atoms.